The van der Waals surface area contributed by atoms with Crippen molar-refractivity contribution in [3.05, 3.63) is 29.1 Å². The molecule has 3 aliphatic rings. The number of aromatic nitrogens is 1. The summed E-state index contributed by atoms with van der Waals surface area (Å²) in [6.07, 6.45) is -0.359. The molecule has 0 bridgehead atoms. The van der Waals surface area contributed by atoms with E-state index in [9.17, 15) is 18.0 Å². The quantitative estimate of drug-likeness (QED) is 0.757. The van der Waals surface area contributed by atoms with Gasteiger partial charge in [0.2, 0.25) is 5.91 Å². The van der Waals surface area contributed by atoms with Gasteiger partial charge in [-0.2, -0.15) is 13.2 Å². The van der Waals surface area contributed by atoms with Crippen LogP contribution in [-0.4, -0.2) is 58.5 Å². The lowest BCUT2D eigenvalue weighted by atomic mass is 9.73. The van der Waals surface area contributed by atoms with Crippen molar-refractivity contribution in [1.82, 2.24) is 20.1 Å². The van der Waals surface area contributed by atoms with Gasteiger partial charge in [0.15, 0.2) is 0 Å². The molecule has 5 nitrogen and oxygen atoms in total. The van der Waals surface area contributed by atoms with Gasteiger partial charge in [0.1, 0.15) is 0 Å². The van der Waals surface area contributed by atoms with E-state index < -0.39 is 17.2 Å². The molecule has 2 aliphatic heterocycles. The molecule has 0 aromatic carbocycles. The van der Waals surface area contributed by atoms with E-state index >= 15 is 0 Å². The van der Waals surface area contributed by atoms with Crippen molar-refractivity contribution in [2.75, 3.05) is 19.6 Å². The van der Waals surface area contributed by atoms with Gasteiger partial charge < -0.3 is 10.2 Å². The second-order valence-electron chi connectivity index (χ2n) is 10.4. The highest BCUT2D eigenvalue weighted by atomic mass is 19.4. The minimum absolute atomic E-state index is 0.106. The standard InChI is InChI=1S/C24H35F3N4O/c1-15(2)23(7-5-20(10-23)31-12-16(3)29-17(4)13-31)22(32)30-8-6-21-18(14-30)9-19(11-28-21)24(25,26)27/h9,11,15-17,20,29H,5-8,10,12-14H2,1-4H3/t16?,17?,20-,23+/m1/s1. The van der Waals surface area contributed by atoms with Crippen molar-refractivity contribution in [3.8, 4) is 0 Å². The number of amides is 1. The maximum Gasteiger partial charge on any atom is 0.417 e. The number of alkyl halides is 3. The van der Waals surface area contributed by atoms with Crippen molar-refractivity contribution in [2.45, 2.75) is 84.2 Å². The summed E-state index contributed by atoms with van der Waals surface area (Å²) in [5.74, 6) is 0.285. The first-order valence-corrected chi connectivity index (χ1v) is 11.8. The molecule has 2 unspecified atom stereocenters. The van der Waals surface area contributed by atoms with E-state index in [0.29, 0.717) is 42.3 Å². The Morgan fingerprint density at radius 3 is 2.56 bits per heavy atom. The topological polar surface area (TPSA) is 48.5 Å². The molecule has 1 saturated heterocycles. The molecule has 178 valence electrons. The fourth-order valence-electron chi connectivity index (χ4n) is 6.06. The minimum Gasteiger partial charge on any atom is -0.337 e. The van der Waals surface area contributed by atoms with Crippen LogP contribution in [0.4, 0.5) is 13.2 Å². The van der Waals surface area contributed by atoms with Crippen LogP contribution in [-0.2, 0) is 23.9 Å². The summed E-state index contributed by atoms with van der Waals surface area (Å²) in [5.41, 5.74) is 0.00701. The third kappa shape index (κ3) is 4.40. The third-order valence-corrected chi connectivity index (χ3v) is 7.81. The molecule has 0 radical (unpaired) electrons. The van der Waals surface area contributed by atoms with Gasteiger partial charge in [0, 0.05) is 62.6 Å². The van der Waals surface area contributed by atoms with Gasteiger partial charge in [-0.05, 0) is 50.7 Å². The van der Waals surface area contributed by atoms with E-state index in [-0.39, 0.29) is 18.4 Å². The van der Waals surface area contributed by atoms with E-state index in [1.54, 1.807) is 4.90 Å². The molecule has 32 heavy (non-hydrogen) atoms. The number of nitrogens with one attached hydrogen (secondary N) is 1. The molecule has 2 fully saturated rings. The van der Waals surface area contributed by atoms with Crippen molar-refractivity contribution in [2.24, 2.45) is 11.3 Å². The maximum atomic E-state index is 13.9. The Balaban J connectivity index is 1.52. The lowest BCUT2D eigenvalue weighted by molar-refractivity contribution is -0.146. The molecule has 4 atom stereocenters. The van der Waals surface area contributed by atoms with Gasteiger partial charge in [-0.25, -0.2) is 0 Å². The highest BCUT2D eigenvalue weighted by Gasteiger charge is 2.51. The number of nitrogens with zero attached hydrogens (tertiary/aromatic N) is 3. The summed E-state index contributed by atoms with van der Waals surface area (Å²) >= 11 is 0. The Labute approximate surface area is 188 Å². The van der Waals surface area contributed by atoms with E-state index in [1.807, 2.05) is 0 Å². The second-order valence-corrected chi connectivity index (χ2v) is 10.4. The summed E-state index contributed by atoms with van der Waals surface area (Å²) in [5, 5.41) is 3.57. The smallest absolute Gasteiger partial charge is 0.337 e. The average molecular weight is 453 g/mol. The molecule has 1 N–H and O–H groups in total. The number of halogens is 3. The molecule has 0 spiro atoms. The van der Waals surface area contributed by atoms with E-state index in [0.717, 1.165) is 38.5 Å². The molecular weight excluding hydrogens is 417 g/mol. The summed E-state index contributed by atoms with van der Waals surface area (Å²) < 4.78 is 39.5. The van der Waals surface area contributed by atoms with Crippen molar-refractivity contribution in [1.29, 1.82) is 0 Å². The Bertz CT molecular complexity index is 848. The summed E-state index contributed by atoms with van der Waals surface area (Å²) in [7, 11) is 0. The van der Waals surface area contributed by atoms with Gasteiger partial charge in [-0.3, -0.25) is 14.7 Å². The molecule has 1 saturated carbocycles. The predicted molar refractivity (Wildman–Crippen MR) is 117 cm³/mol. The van der Waals surface area contributed by atoms with E-state index in [2.05, 4.69) is 42.9 Å². The van der Waals surface area contributed by atoms with Gasteiger partial charge in [-0.15, -0.1) is 0 Å². The van der Waals surface area contributed by atoms with Gasteiger partial charge in [0.05, 0.1) is 11.0 Å². The number of carbonyl (C=O) groups is 1. The molecule has 4 rings (SSSR count). The van der Waals surface area contributed by atoms with Crippen LogP contribution in [0.15, 0.2) is 12.3 Å². The summed E-state index contributed by atoms with van der Waals surface area (Å²) in [6, 6.07) is 2.41. The third-order valence-electron chi connectivity index (χ3n) is 7.81. The Hall–Kier alpha value is -1.67. The molecule has 1 aliphatic carbocycles. The Morgan fingerprint density at radius 2 is 1.94 bits per heavy atom. The number of pyridine rings is 1. The van der Waals surface area contributed by atoms with Gasteiger partial charge in [-0.1, -0.05) is 13.8 Å². The first-order chi connectivity index (χ1) is 15.0. The Kier molecular flexibility index (Phi) is 6.31. The molecule has 1 amide bonds. The Morgan fingerprint density at radius 1 is 1.25 bits per heavy atom. The lowest BCUT2D eigenvalue weighted by Gasteiger charge is -2.42. The van der Waals surface area contributed by atoms with Gasteiger partial charge >= 0.3 is 6.18 Å². The molecular formula is C24H35F3N4O. The van der Waals surface area contributed by atoms with Gasteiger partial charge in [0.25, 0.3) is 0 Å². The van der Waals surface area contributed by atoms with Crippen LogP contribution in [0, 0.1) is 11.3 Å². The monoisotopic (exact) mass is 452 g/mol. The highest BCUT2D eigenvalue weighted by Crippen LogP contribution is 2.48. The summed E-state index contributed by atoms with van der Waals surface area (Å²) in [6.45, 7) is 11.3. The van der Waals surface area contributed by atoms with Crippen LogP contribution in [0.5, 0.6) is 0 Å². The number of carbonyl (C=O) groups excluding carboxylic acids is 1. The van der Waals surface area contributed by atoms with Crippen LogP contribution in [0.3, 0.4) is 0 Å². The summed E-state index contributed by atoms with van der Waals surface area (Å²) in [4.78, 5) is 22.2. The normalized spacial score (nSPS) is 31.8. The molecule has 1 aromatic rings. The van der Waals surface area contributed by atoms with E-state index in [4.69, 9.17) is 0 Å². The number of piperazine rings is 1. The predicted octanol–water partition coefficient (Wildman–Crippen LogP) is 3.86. The largest absolute Gasteiger partial charge is 0.417 e. The van der Waals surface area contributed by atoms with Crippen LogP contribution in [0.25, 0.3) is 0 Å². The number of hydrogen-bond acceptors (Lipinski definition) is 4. The maximum absolute atomic E-state index is 13.9. The highest BCUT2D eigenvalue weighted by molar-refractivity contribution is 5.83. The fraction of sp³-hybridized carbons (Fsp3) is 0.750. The second kappa shape index (κ2) is 8.60. The number of rotatable bonds is 3. The van der Waals surface area contributed by atoms with E-state index in [1.165, 1.54) is 6.07 Å². The zero-order chi connectivity index (χ0) is 23.3. The first kappa shape index (κ1) is 23.5. The minimum atomic E-state index is -4.43. The zero-order valence-corrected chi connectivity index (χ0v) is 19.5. The lowest BCUT2D eigenvalue weighted by Crippen LogP contribution is -2.57. The number of fused-ring (bicyclic) bond motifs is 1. The fourth-order valence-corrected chi connectivity index (χ4v) is 6.06. The van der Waals surface area contributed by atoms with Crippen molar-refractivity contribution >= 4 is 5.91 Å². The molecule has 8 heteroatoms. The molecule has 3 heterocycles. The van der Waals surface area contributed by atoms with Crippen LogP contribution >= 0.6 is 0 Å². The van der Waals surface area contributed by atoms with Crippen molar-refractivity contribution < 1.29 is 18.0 Å². The molecule has 1 aromatic heterocycles. The van der Waals surface area contributed by atoms with Crippen LogP contribution < -0.4 is 5.32 Å². The first-order valence-electron chi connectivity index (χ1n) is 11.8. The zero-order valence-electron chi connectivity index (χ0n) is 19.5. The van der Waals surface area contributed by atoms with Crippen LogP contribution in [0.1, 0.15) is 63.8 Å². The van der Waals surface area contributed by atoms with Crippen molar-refractivity contribution in [3.63, 3.8) is 0 Å². The van der Waals surface area contributed by atoms with Crippen LogP contribution in [0.2, 0.25) is 0 Å². The number of hydrogen-bond donors (Lipinski definition) is 1. The average Bonchev–Trinajstić information content (AvgIpc) is 3.18. The SMILES string of the molecule is CC1CN([C@@H]2CC[C@@](C(=O)N3CCc4ncc(C(F)(F)F)cc4C3)(C(C)C)C2)CC(C)N1.